The maximum atomic E-state index is 12.7. The predicted octanol–water partition coefficient (Wildman–Crippen LogP) is 3.42. The molecule has 23 heavy (non-hydrogen) atoms. The molecule has 2 aromatic rings. The van der Waals surface area contributed by atoms with Gasteiger partial charge >= 0.3 is 0 Å². The Morgan fingerprint density at radius 3 is 2.43 bits per heavy atom. The molecule has 0 bridgehead atoms. The zero-order valence-corrected chi connectivity index (χ0v) is 16.1. The fourth-order valence-electron chi connectivity index (χ4n) is 2.00. The Labute approximate surface area is 149 Å². The van der Waals surface area contributed by atoms with Crippen LogP contribution in [-0.2, 0) is 21.1 Å². The van der Waals surface area contributed by atoms with Gasteiger partial charge < -0.3 is 5.32 Å². The molecule has 0 spiro atoms. The summed E-state index contributed by atoms with van der Waals surface area (Å²) in [5.74, 6) is -0.489. The minimum absolute atomic E-state index is 0.138. The molecule has 0 aliphatic heterocycles. The summed E-state index contributed by atoms with van der Waals surface area (Å²) in [6.45, 7) is 3.29. The van der Waals surface area contributed by atoms with E-state index in [0.29, 0.717) is 13.0 Å². The first kappa shape index (κ1) is 18.2. The lowest BCUT2D eigenvalue weighted by atomic mass is 10.2. The number of sulfone groups is 1. The third-order valence-electron chi connectivity index (χ3n) is 3.58. The second-order valence-electron chi connectivity index (χ2n) is 5.55. The number of thiophene rings is 1. The van der Waals surface area contributed by atoms with Crippen molar-refractivity contribution in [1.29, 1.82) is 0 Å². The molecule has 1 aromatic carbocycles. The number of hydrogen-bond acceptors (Lipinski definition) is 4. The van der Waals surface area contributed by atoms with Crippen molar-refractivity contribution in [1.82, 2.24) is 5.32 Å². The van der Waals surface area contributed by atoms with Gasteiger partial charge in [-0.05, 0) is 56.0 Å². The van der Waals surface area contributed by atoms with E-state index in [2.05, 4.69) is 21.2 Å². The van der Waals surface area contributed by atoms with E-state index in [-0.39, 0.29) is 4.90 Å². The lowest BCUT2D eigenvalue weighted by Crippen LogP contribution is -2.48. The molecule has 2 rings (SSSR count). The van der Waals surface area contributed by atoms with Crippen molar-refractivity contribution in [3.63, 3.8) is 0 Å². The van der Waals surface area contributed by atoms with Gasteiger partial charge in [0.1, 0.15) is 4.75 Å². The fourth-order valence-corrected chi connectivity index (χ4v) is 4.37. The molecule has 0 radical (unpaired) electrons. The molecule has 0 aliphatic rings. The van der Waals surface area contributed by atoms with Crippen LogP contribution in [0.3, 0.4) is 0 Å². The summed E-state index contributed by atoms with van der Waals surface area (Å²) in [5.41, 5.74) is 0. The van der Waals surface area contributed by atoms with Crippen LogP contribution in [0.15, 0.2) is 51.1 Å². The summed E-state index contributed by atoms with van der Waals surface area (Å²) >= 11 is 4.88. The molecule has 1 heterocycles. The molecule has 1 aromatic heterocycles. The second kappa shape index (κ2) is 7.15. The van der Waals surface area contributed by atoms with Crippen LogP contribution in [-0.4, -0.2) is 25.6 Å². The van der Waals surface area contributed by atoms with E-state index in [1.54, 1.807) is 23.5 Å². The van der Waals surface area contributed by atoms with Gasteiger partial charge in [0.05, 0.1) is 4.90 Å². The van der Waals surface area contributed by atoms with E-state index in [4.69, 9.17) is 0 Å². The molecule has 4 nitrogen and oxygen atoms in total. The molecule has 124 valence electrons. The van der Waals surface area contributed by atoms with Gasteiger partial charge in [0.15, 0.2) is 9.84 Å². The summed E-state index contributed by atoms with van der Waals surface area (Å²) < 4.78 is 24.7. The first-order chi connectivity index (χ1) is 10.7. The molecule has 0 saturated heterocycles. The lowest BCUT2D eigenvalue weighted by molar-refractivity contribution is -0.122. The first-order valence-electron chi connectivity index (χ1n) is 7.06. The van der Waals surface area contributed by atoms with Gasteiger partial charge in [-0.1, -0.05) is 22.0 Å². The highest BCUT2D eigenvalue weighted by atomic mass is 79.9. The van der Waals surface area contributed by atoms with Crippen molar-refractivity contribution in [2.45, 2.75) is 29.9 Å². The van der Waals surface area contributed by atoms with Gasteiger partial charge in [-0.3, -0.25) is 4.79 Å². The summed E-state index contributed by atoms with van der Waals surface area (Å²) in [5, 5.41) is 4.70. The Kier molecular flexibility index (Phi) is 5.65. The molecule has 0 aliphatic carbocycles. The minimum atomic E-state index is -3.77. The normalized spacial score (nSPS) is 12.1. The molecular formula is C16H18BrNO3S2. The van der Waals surface area contributed by atoms with Crippen LogP contribution in [0.25, 0.3) is 0 Å². The maximum absolute atomic E-state index is 12.7. The van der Waals surface area contributed by atoms with Crippen LogP contribution < -0.4 is 5.32 Å². The number of amides is 1. The standard InChI is InChI=1S/C16H18BrNO3S2/c1-16(2,15(19)18-10-9-13-4-3-11-22-13)23(20,21)14-7-5-12(17)6-8-14/h3-8,11H,9-10H2,1-2H3,(H,18,19). The average molecular weight is 416 g/mol. The molecule has 1 N–H and O–H groups in total. The Balaban J connectivity index is 2.09. The van der Waals surface area contributed by atoms with E-state index >= 15 is 0 Å². The van der Waals surface area contributed by atoms with Crippen LogP contribution in [0, 0.1) is 0 Å². The van der Waals surface area contributed by atoms with Crippen LogP contribution in [0.2, 0.25) is 0 Å². The van der Waals surface area contributed by atoms with Crippen LogP contribution >= 0.6 is 27.3 Å². The second-order valence-corrected chi connectivity index (χ2v) is 10.00. The van der Waals surface area contributed by atoms with Crippen molar-refractivity contribution in [2.24, 2.45) is 0 Å². The number of hydrogen-bond donors (Lipinski definition) is 1. The van der Waals surface area contributed by atoms with E-state index < -0.39 is 20.5 Å². The first-order valence-corrected chi connectivity index (χ1v) is 10.2. The van der Waals surface area contributed by atoms with Gasteiger partial charge in [-0.2, -0.15) is 0 Å². The largest absolute Gasteiger partial charge is 0.354 e. The van der Waals surface area contributed by atoms with Gasteiger partial charge in [0.25, 0.3) is 0 Å². The topological polar surface area (TPSA) is 63.2 Å². The van der Waals surface area contributed by atoms with Gasteiger partial charge in [0, 0.05) is 15.9 Å². The molecule has 0 unspecified atom stereocenters. The number of halogens is 1. The Hall–Kier alpha value is -1.18. The molecule has 7 heteroatoms. The zero-order chi connectivity index (χ0) is 17.1. The third-order valence-corrected chi connectivity index (χ3v) is 7.47. The van der Waals surface area contributed by atoms with Gasteiger partial charge in [0.2, 0.25) is 5.91 Å². The van der Waals surface area contributed by atoms with Crippen molar-refractivity contribution in [3.05, 3.63) is 51.1 Å². The van der Waals surface area contributed by atoms with Gasteiger partial charge in [-0.25, -0.2) is 8.42 Å². The number of nitrogens with one attached hydrogen (secondary N) is 1. The smallest absolute Gasteiger partial charge is 0.241 e. The highest BCUT2D eigenvalue weighted by molar-refractivity contribution is 9.10. The van der Waals surface area contributed by atoms with E-state index in [1.807, 2.05) is 17.5 Å². The summed E-state index contributed by atoms with van der Waals surface area (Å²) in [6.07, 6.45) is 0.692. The summed E-state index contributed by atoms with van der Waals surface area (Å²) in [7, 11) is -3.77. The molecule has 0 fully saturated rings. The number of carbonyl (C=O) groups excluding carboxylic acids is 1. The van der Waals surface area contributed by atoms with Crippen molar-refractivity contribution in [3.8, 4) is 0 Å². The van der Waals surface area contributed by atoms with Crippen LogP contribution in [0.4, 0.5) is 0 Å². The van der Waals surface area contributed by atoms with Crippen molar-refractivity contribution < 1.29 is 13.2 Å². The molecule has 0 atom stereocenters. The lowest BCUT2D eigenvalue weighted by Gasteiger charge is -2.24. The Morgan fingerprint density at radius 2 is 1.87 bits per heavy atom. The fraction of sp³-hybridized carbons (Fsp3) is 0.312. The summed E-state index contributed by atoms with van der Waals surface area (Å²) in [6, 6.07) is 10.2. The molecular weight excluding hydrogens is 398 g/mol. The average Bonchev–Trinajstić information content (AvgIpc) is 3.00. The van der Waals surface area contributed by atoms with Crippen molar-refractivity contribution >= 4 is 43.0 Å². The van der Waals surface area contributed by atoms with Gasteiger partial charge in [-0.15, -0.1) is 11.3 Å². The minimum Gasteiger partial charge on any atom is -0.354 e. The number of benzene rings is 1. The highest BCUT2D eigenvalue weighted by Gasteiger charge is 2.42. The molecule has 1 amide bonds. The SMILES string of the molecule is CC(C)(C(=O)NCCc1cccs1)S(=O)(=O)c1ccc(Br)cc1. The van der Waals surface area contributed by atoms with E-state index in [0.717, 1.165) is 9.35 Å². The van der Waals surface area contributed by atoms with E-state index in [9.17, 15) is 13.2 Å². The highest BCUT2D eigenvalue weighted by Crippen LogP contribution is 2.26. The third kappa shape index (κ3) is 4.02. The van der Waals surface area contributed by atoms with E-state index in [1.165, 1.54) is 26.0 Å². The van der Waals surface area contributed by atoms with Crippen LogP contribution in [0.1, 0.15) is 18.7 Å². The maximum Gasteiger partial charge on any atom is 0.241 e. The summed E-state index contributed by atoms with van der Waals surface area (Å²) in [4.78, 5) is 13.7. The quantitative estimate of drug-likeness (QED) is 0.785. The molecule has 0 saturated carbocycles. The number of rotatable bonds is 6. The Morgan fingerprint density at radius 1 is 1.22 bits per heavy atom. The van der Waals surface area contributed by atoms with Crippen molar-refractivity contribution in [2.75, 3.05) is 6.54 Å². The monoisotopic (exact) mass is 415 g/mol. The number of carbonyl (C=O) groups is 1. The Bertz CT molecular complexity index is 766. The van der Waals surface area contributed by atoms with Crippen LogP contribution in [0.5, 0.6) is 0 Å². The zero-order valence-electron chi connectivity index (χ0n) is 12.9. The predicted molar refractivity (Wildman–Crippen MR) is 96.4 cm³/mol.